The number of nitrogens with two attached hydrogens (primary N) is 1. The normalized spacial score (nSPS) is 21.4. The van der Waals surface area contributed by atoms with Gasteiger partial charge in [0, 0.05) is 45.5 Å². The summed E-state index contributed by atoms with van der Waals surface area (Å²) in [4.78, 5) is 17.7. The lowest BCUT2D eigenvalue weighted by atomic mass is 10.0. The third kappa shape index (κ3) is 3.78. The summed E-state index contributed by atoms with van der Waals surface area (Å²) < 4.78 is 28.7. The molecule has 1 aromatic heterocycles. The van der Waals surface area contributed by atoms with Gasteiger partial charge < -0.3 is 10.6 Å². The molecule has 0 bridgehead atoms. The fourth-order valence-corrected chi connectivity index (χ4v) is 4.97. The van der Waals surface area contributed by atoms with Gasteiger partial charge >= 0.3 is 0 Å². The van der Waals surface area contributed by atoms with Crippen LogP contribution in [0.1, 0.15) is 30.1 Å². The molecule has 1 aromatic rings. The number of piperidine rings is 1. The van der Waals surface area contributed by atoms with Crippen molar-refractivity contribution in [3.8, 4) is 0 Å². The molecule has 0 radical (unpaired) electrons. The Morgan fingerprint density at radius 3 is 2.32 bits per heavy atom. The number of hydrogen-bond donors (Lipinski definition) is 1. The fourth-order valence-electron chi connectivity index (χ4n) is 3.35. The van der Waals surface area contributed by atoms with Crippen molar-refractivity contribution in [2.45, 2.75) is 19.8 Å². The van der Waals surface area contributed by atoms with E-state index in [1.54, 1.807) is 22.6 Å². The van der Waals surface area contributed by atoms with Gasteiger partial charge in [-0.05, 0) is 30.9 Å². The molecule has 2 N–H and O–H groups in total. The second-order valence-corrected chi connectivity index (χ2v) is 8.64. The average molecular weight is 367 g/mol. The average Bonchev–Trinajstić information content (AvgIpc) is 2.62. The van der Waals surface area contributed by atoms with E-state index < -0.39 is 16.1 Å². The molecule has 2 saturated heterocycles. The number of amides is 1. The van der Waals surface area contributed by atoms with Gasteiger partial charge in [-0.3, -0.25) is 4.79 Å². The zero-order valence-electron chi connectivity index (χ0n) is 14.5. The van der Waals surface area contributed by atoms with Gasteiger partial charge in [0.1, 0.15) is 5.82 Å². The molecule has 3 heterocycles. The standard InChI is InChI=1S/C16H25N5O3S/c1-13-4-7-20(8-5-13)25(23,24)21-11-9-19(10-12-21)16-14(15(17)22)3-2-6-18-16/h2-3,6,13H,4-5,7-12H2,1H3,(H2,17,22). The van der Waals surface area contributed by atoms with E-state index in [1.807, 2.05) is 4.90 Å². The highest BCUT2D eigenvalue weighted by atomic mass is 32.2. The number of carbonyl (C=O) groups is 1. The summed E-state index contributed by atoms with van der Waals surface area (Å²) in [5.74, 6) is 0.583. The Balaban J connectivity index is 1.67. The topological polar surface area (TPSA) is 99.8 Å². The number of hydrogen-bond acceptors (Lipinski definition) is 5. The summed E-state index contributed by atoms with van der Waals surface area (Å²) in [6.45, 7) is 5.07. The number of piperazine rings is 1. The first-order chi connectivity index (χ1) is 11.9. The molecular formula is C16H25N5O3S. The molecule has 9 heteroatoms. The van der Waals surface area contributed by atoms with Crippen LogP contribution in [-0.2, 0) is 10.2 Å². The third-order valence-electron chi connectivity index (χ3n) is 4.99. The van der Waals surface area contributed by atoms with Crippen molar-refractivity contribution in [1.29, 1.82) is 0 Å². The van der Waals surface area contributed by atoms with E-state index in [0.29, 0.717) is 56.6 Å². The van der Waals surface area contributed by atoms with Crippen molar-refractivity contribution >= 4 is 21.9 Å². The quantitative estimate of drug-likeness (QED) is 0.824. The lowest BCUT2D eigenvalue weighted by Crippen LogP contribution is -2.54. The predicted octanol–water partition coefficient (Wildman–Crippen LogP) is 0.279. The minimum Gasteiger partial charge on any atom is -0.365 e. The van der Waals surface area contributed by atoms with Crippen LogP contribution in [0, 0.1) is 5.92 Å². The van der Waals surface area contributed by atoms with E-state index in [2.05, 4.69) is 11.9 Å². The molecule has 2 aliphatic rings. The first-order valence-electron chi connectivity index (χ1n) is 8.64. The molecule has 0 aliphatic carbocycles. The molecule has 0 aromatic carbocycles. The lowest BCUT2D eigenvalue weighted by molar-refractivity contribution is 0.1000. The lowest BCUT2D eigenvalue weighted by Gasteiger charge is -2.39. The summed E-state index contributed by atoms with van der Waals surface area (Å²) in [5, 5.41) is 0. The summed E-state index contributed by atoms with van der Waals surface area (Å²) in [5.41, 5.74) is 5.77. The summed E-state index contributed by atoms with van der Waals surface area (Å²) in [6, 6.07) is 3.31. The fraction of sp³-hybridized carbons (Fsp3) is 0.625. The summed E-state index contributed by atoms with van der Waals surface area (Å²) in [7, 11) is -3.41. The molecule has 3 rings (SSSR count). The molecule has 0 spiro atoms. The van der Waals surface area contributed by atoms with E-state index in [9.17, 15) is 13.2 Å². The van der Waals surface area contributed by atoms with Gasteiger partial charge in [-0.1, -0.05) is 6.92 Å². The Labute approximate surface area is 148 Å². The van der Waals surface area contributed by atoms with Gasteiger partial charge in [0.05, 0.1) is 5.56 Å². The van der Waals surface area contributed by atoms with Crippen molar-refractivity contribution in [3.63, 3.8) is 0 Å². The molecule has 0 unspecified atom stereocenters. The van der Waals surface area contributed by atoms with Gasteiger partial charge in [0.15, 0.2) is 0 Å². The number of aromatic nitrogens is 1. The smallest absolute Gasteiger partial charge is 0.282 e. The maximum Gasteiger partial charge on any atom is 0.282 e. The van der Waals surface area contributed by atoms with Gasteiger partial charge in [0.2, 0.25) is 0 Å². The Morgan fingerprint density at radius 1 is 1.12 bits per heavy atom. The molecule has 25 heavy (non-hydrogen) atoms. The van der Waals surface area contributed by atoms with Crippen LogP contribution in [0.2, 0.25) is 0 Å². The molecular weight excluding hydrogens is 342 g/mol. The van der Waals surface area contributed by atoms with E-state index in [4.69, 9.17) is 5.73 Å². The van der Waals surface area contributed by atoms with Crippen LogP contribution < -0.4 is 10.6 Å². The largest absolute Gasteiger partial charge is 0.365 e. The minimum atomic E-state index is -3.41. The van der Waals surface area contributed by atoms with Crippen molar-refractivity contribution in [2.24, 2.45) is 11.7 Å². The van der Waals surface area contributed by atoms with Gasteiger partial charge in [0.25, 0.3) is 16.1 Å². The number of pyridine rings is 1. The highest BCUT2D eigenvalue weighted by Gasteiger charge is 2.34. The van der Waals surface area contributed by atoms with E-state index in [-0.39, 0.29) is 0 Å². The maximum atomic E-state index is 12.8. The summed E-state index contributed by atoms with van der Waals surface area (Å²) in [6.07, 6.45) is 3.43. The monoisotopic (exact) mass is 367 g/mol. The van der Waals surface area contributed by atoms with E-state index in [1.165, 1.54) is 4.31 Å². The van der Waals surface area contributed by atoms with Crippen LogP contribution in [-0.4, -0.2) is 67.2 Å². The molecule has 0 atom stereocenters. The summed E-state index contributed by atoms with van der Waals surface area (Å²) >= 11 is 0. The second-order valence-electron chi connectivity index (χ2n) is 6.71. The number of nitrogens with zero attached hydrogens (tertiary/aromatic N) is 4. The van der Waals surface area contributed by atoms with Crippen molar-refractivity contribution in [2.75, 3.05) is 44.2 Å². The van der Waals surface area contributed by atoms with E-state index in [0.717, 1.165) is 12.8 Å². The molecule has 1 amide bonds. The molecule has 2 aliphatic heterocycles. The number of rotatable bonds is 4. The SMILES string of the molecule is CC1CCN(S(=O)(=O)N2CCN(c3ncccc3C(N)=O)CC2)CC1. The first kappa shape index (κ1) is 18.1. The molecule has 138 valence electrons. The maximum absolute atomic E-state index is 12.8. The van der Waals surface area contributed by atoms with Gasteiger partial charge in [-0.15, -0.1) is 0 Å². The minimum absolute atomic E-state index is 0.365. The van der Waals surface area contributed by atoms with Crippen LogP contribution >= 0.6 is 0 Å². The third-order valence-corrected chi connectivity index (χ3v) is 7.02. The number of primary amides is 1. The van der Waals surface area contributed by atoms with Crippen LogP contribution in [0.15, 0.2) is 18.3 Å². The van der Waals surface area contributed by atoms with Crippen LogP contribution in [0.5, 0.6) is 0 Å². The van der Waals surface area contributed by atoms with Crippen molar-refractivity contribution in [3.05, 3.63) is 23.9 Å². The van der Waals surface area contributed by atoms with Crippen LogP contribution in [0.25, 0.3) is 0 Å². The Kier molecular flexibility index (Phi) is 5.26. The Hall–Kier alpha value is -1.71. The highest BCUT2D eigenvalue weighted by Crippen LogP contribution is 2.23. The highest BCUT2D eigenvalue weighted by molar-refractivity contribution is 7.86. The second kappa shape index (κ2) is 7.27. The molecule has 2 fully saturated rings. The zero-order valence-corrected chi connectivity index (χ0v) is 15.3. The molecule has 0 saturated carbocycles. The predicted molar refractivity (Wildman–Crippen MR) is 95.4 cm³/mol. The van der Waals surface area contributed by atoms with Gasteiger partial charge in [-0.25, -0.2) is 4.98 Å². The number of anilines is 1. The zero-order chi connectivity index (χ0) is 18.0. The Bertz CT molecular complexity index is 723. The van der Waals surface area contributed by atoms with Crippen LogP contribution in [0.3, 0.4) is 0 Å². The van der Waals surface area contributed by atoms with Crippen LogP contribution in [0.4, 0.5) is 5.82 Å². The van der Waals surface area contributed by atoms with Gasteiger partial charge in [-0.2, -0.15) is 17.0 Å². The van der Waals surface area contributed by atoms with Crippen molar-refractivity contribution in [1.82, 2.24) is 13.6 Å². The van der Waals surface area contributed by atoms with E-state index >= 15 is 0 Å². The molecule has 8 nitrogen and oxygen atoms in total. The van der Waals surface area contributed by atoms with Crippen molar-refractivity contribution < 1.29 is 13.2 Å². The number of carbonyl (C=O) groups excluding carboxylic acids is 1. The Morgan fingerprint density at radius 2 is 1.72 bits per heavy atom. The first-order valence-corrected chi connectivity index (χ1v) is 10.0.